The average Bonchev–Trinajstić information content (AvgIpc) is 2.63. The third kappa shape index (κ3) is 1.98. The highest BCUT2D eigenvalue weighted by Crippen LogP contribution is 2.11. The van der Waals surface area contributed by atoms with Crippen LogP contribution in [0.25, 0.3) is 0 Å². The Morgan fingerprint density at radius 1 is 1.42 bits per heavy atom. The zero-order valence-electron chi connectivity index (χ0n) is 9.98. The van der Waals surface area contributed by atoms with Crippen molar-refractivity contribution in [2.24, 2.45) is 0 Å². The number of aliphatic carboxylic acids is 1. The van der Waals surface area contributed by atoms with E-state index in [1.54, 1.807) is 0 Å². The molecule has 19 heavy (non-hydrogen) atoms. The summed E-state index contributed by atoms with van der Waals surface area (Å²) in [5.74, 6) is -2.02. The maximum Gasteiger partial charge on any atom is 0.348 e. The largest absolute Gasteiger partial charge is 0.480 e. The number of esters is 1. The first-order valence-electron chi connectivity index (χ1n) is 5.35. The molecule has 0 spiro atoms. The quantitative estimate of drug-likeness (QED) is 0.510. The topological polar surface area (TPSA) is 113 Å². The third-order valence-electron chi connectivity index (χ3n) is 2.73. The molecule has 1 unspecified atom stereocenters. The van der Waals surface area contributed by atoms with Crippen molar-refractivity contribution in [3.05, 3.63) is 33.1 Å². The summed E-state index contributed by atoms with van der Waals surface area (Å²) in [5, 5.41) is 8.67. The Balaban J connectivity index is 2.61. The second kappa shape index (κ2) is 4.59. The number of carbonyl (C=O) groups is 2. The third-order valence-corrected chi connectivity index (χ3v) is 2.73. The van der Waals surface area contributed by atoms with E-state index in [9.17, 15) is 19.2 Å². The van der Waals surface area contributed by atoms with Gasteiger partial charge in [-0.05, 0) is 0 Å². The van der Waals surface area contributed by atoms with Crippen LogP contribution in [0.15, 0.2) is 21.7 Å². The summed E-state index contributed by atoms with van der Waals surface area (Å²) < 4.78 is 7.01. The molecular formula is C10H11N3O6. The van der Waals surface area contributed by atoms with Gasteiger partial charge in [-0.3, -0.25) is 4.79 Å². The molecule has 0 saturated carbocycles. The van der Waals surface area contributed by atoms with Crippen molar-refractivity contribution >= 4 is 11.9 Å². The number of carbonyl (C=O) groups excluding carboxylic acids is 1. The molecule has 1 aliphatic heterocycles. The van der Waals surface area contributed by atoms with Gasteiger partial charge in [-0.2, -0.15) is 0 Å². The molecule has 0 bridgehead atoms. The first-order valence-corrected chi connectivity index (χ1v) is 5.35. The van der Waals surface area contributed by atoms with Crippen LogP contribution in [-0.4, -0.2) is 38.1 Å². The zero-order valence-corrected chi connectivity index (χ0v) is 9.98. The van der Waals surface area contributed by atoms with Crippen molar-refractivity contribution in [3.8, 4) is 0 Å². The fourth-order valence-electron chi connectivity index (χ4n) is 1.92. The van der Waals surface area contributed by atoms with Gasteiger partial charge in [0.05, 0.1) is 13.7 Å². The summed E-state index contributed by atoms with van der Waals surface area (Å²) in [5.41, 5.74) is -1.63. The number of carboxylic acids is 1. The highest BCUT2D eigenvalue weighted by molar-refractivity contribution is 5.76. The number of fused-ring (bicyclic) bond motifs is 1. The summed E-state index contributed by atoms with van der Waals surface area (Å²) in [6.07, 6.45) is 2.96. The molecule has 1 aromatic rings. The van der Waals surface area contributed by atoms with Crippen molar-refractivity contribution in [3.63, 3.8) is 0 Å². The second-order valence-corrected chi connectivity index (χ2v) is 3.87. The van der Waals surface area contributed by atoms with Crippen LogP contribution in [0.3, 0.4) is 0 Å². The Hall–Kier alpha value is -2.58. The van der Waals surface area contributed by atoms with Gasteiger partial charge in [0.2, 0.25) is 0 Å². The second-order valence-electron chi connectivity index (χ2n) is 3.87. The van der Waals surface area contributed by atoms with Gasteiger partial charge in [0.15, 0.2) is 6.04 Å². The number of hydrogen-bond acceptors (Lipinski definition) is 5. The minimum Gasteiger partial charge on any atom is -0.480 e. The monoisotopic (exact) mass is 269 g/mol. The van der Waals surface area contributed by atoms with E-state index in [0.29, 0.717) is 4.57 Å². The highest BCUT2D eigenvalue weighted by atomic mass is 16.5. The van der Waals surface area contributed by atoms with Crippen LogP contribution < -0.4 is 11.4 Å². The van der Waals surface area contributed by atoms with Crippen molar-refractivity contribution in [1.29, 1.82) is 0 Å². The van der Waals surface area contributed by atoms with E-state index in [4.69, 9.17) is 5.11 Å². The van der Waals surface area contributed by atoms with Gasteiger partial charge in [0.1, 0.15) is 6.54 Å². The number of ether oxygens (including phenoxy) is 1. The molecule has 0 saturated heterocycles. The SMILES string of the molecule is COC(=O)C1C=CCn2c(=O)n(CC(=O)O)c(=O)n21. The van der Waals surface area contributed by atoms with Crippen molar-refractivity contribution < 1.29 is 19.4 Å². The summed E-state index contributed by atoms with van der Waals surface area (Å²) in [6, 6.07) is -1.06. The lowest BCUT2D eigenvalue weighted by Crippen LogP contribution is -2.36. The van der Waals surface area contributed by atoms with Crippen molar-refractivity contribution in [1.82, 2.24) is 13.9 Å². The maximum absolute atomic E-state index is 12.0. The lowest BCUT2D eigenvalue weighted by molar-refractivity contribution is -0.143. The lowest BCUT2D eigenvalue weighted by Gasteiger charge is -2.18. The first kappa shape index (κ1) is 12.9. The number of methoxy groups -OCH3 is 1. The zero-order chi connectivity index (χ0) is 14.2. The van der Waals surface area contributed by atoms with Crippen LogP contribution in [0.2, 0.25) is 0 Å². The fraction of sp³-hybridized carbons (Fsp3) is 0.400. The van der Waals surface area contributed by atoms with Crippen LogP contribution >= 0.6 is 0 Å². The Bertz CT molecular complexity index is 676. The van der Waals surface area contributed by atoms with Gasteiger partial charge in [0.25, 0.3) is 0 Å². The summed E-state index contributed by atoms with van der Waals surface area (Å²) in [4.78, 5) is 46.1. The minimum absolute atomic E-state index is 0.0915. The van der Waals surface area contributed by atoms with Gasteiger partial charge in [-0.25, -0.2) is 28.3 Å². The normalized spacial score (nSPS) is 17.0. The molecule has 0 fully saturated rings. The van der Waals surface area contributed by atoms with Crippen LogP contribution in [0.5, 0.6) is 0 Å². The lowest BCUT2D eigenvalue weighted by atomic mass is 10.2. The number of nitrogens with zero attached hydrogens (tertiary/aromatic N) is 3. The molecule has 1 atom stereocenters. The van der Waals surface area contributed by atoms with Crippen molar-refractivity contribution in [2.45, 2.75) is 19.1 Å². The first-order chi connectivity index (χ1) is 8.97. The summed E-state index contributed by atoms with van der Waals surface area (Å²) in [6.45, 7) is -0.660. The van der Waals surface area contributed by atoms with Crippen LogP contribution in [0.1, 0.15) is 6.04 Å². The predicted octanol–water partition coefficient (Wildman–Crippen LogP) is -1.82. The number of aromatic nitrogens is 3. The van der Waals surface area contributed by atoms with Crippen LogP contribution in [0.4, 0.5) is 0 Å². The van der Waals surface area contributed by atoms with E-state index in [-0.39, 0.29) is 6.54 Å². The molecular weight excluding hydrogens is 258 g/mol. The van der Waals surface area contributed by atoms with Crippen molar-refractivity contribution in [2.75, 3.05) is 7.11 Å². The molecule has 102 valence electrons. The van der Waals surface area contributed by atoms with Gasteiger partial charge in [-0.15, -0.1) is 0 Å². The molecule has 2 rings (SSSR count). The number of hydrogen-bond donors (Lipinski definition) is 1. The number of rotatable bonds is 3. The molecule has 0 amide bonds. The Morgan fingerprint density at radius 2 is 2.11 bits per heavy atom. The molecule has 1 aromatic heterocycles. The fourth-order valence-corrected chi connectivity index (χ4v) is 1.92. The minimum atomic E-state index is -1.31. The van der Waals surface area contributed by atoms with E-state index in [1.807, 2.05) is 0 Å². The van der Waals surface area contributed by atoms with E-state index in [0.717, 1.165) is 16.5 Å². The van der Waals surface area contributed by atoms with Gasteiger partial charge >= 0.3 is 23.3 Å². The van der Waals surface area contributed by atoms with Gasteiger partial charge in [0, 0.05) is 0 Å². The van der Waals surface area contributed by atoms with Crippen LogP contribution in [0, 0.1) is 0 Å². The number of carboxylic acid groups (broad SMARTS) is 1. The van der Waals surface area contributed by atoms with Crippen LogP contribution in [-0.2, 0) is 27.4 Å². The van der Waals surface area contributed by atoms with Gasteiger partial charge < -0.3 is 9.84 Å². The molecule has 0 radical (unpaired) electrons. The molecule has 1 aliphatic rings. The average molecular weight is 269 g/mol. The molecule has 1 N–H and O–H groups in total. The van der Waals surface area contributed by atoms with E-state index in [2.05, 4.69) is 4.74 Å². The number of allylic oxidation sites excluding steroid dienone is 1. The molecule has 9 nitrogen and oxygen atoms in total. The highest BCUT2D eigenvalue weighted by Gasteiger charge is 2.29. The maximum atomic E-state index is 12.0. The molecule has 0 aromatic carbocycles. The molecule has 9 heteroatoms. The van der Waals surface area contributed by atoms with E-state index >= 15 is 0 Å². The molecule has 0 aliphatic carbocycles. The smallest absolute Gasteiger partial charge is 0.348 e. The Kier molecular flexibility index (Phi) is 3.11. The van der Waals surface area contributed by atoms with E-state index in [1.165, 1.54) is 12.2 Å². The summed E-state index contributed by atoms with van der Waals surface area (Å²) >= 11 is 0. The predicted molar refractivity (Wildman–Crippen MR) is 60.8 cm³/mol. The molecule has 2 heterocycles. The standard InChI is InChI=1S/C10H11N3O6/c1-19-8(16)6-3-2-4-12-9(17)11(5-7(14)15)10(18)13(6)12/h2-3,6H,4-5H2,1H3,(H,14,15). The Labute approximate surface area is 105 Å². The van der Waals surface area contributed by atoms with E-state index < -0.39 is 35.9 Å². The van der Waals surface area contributed by atoms with Gasteiger partial charge in [-0.1, -0.05) is 12.2 Å². The summed E-state index contributed by atoms with van der Waals surface area (Å²) in [7, 11) is 1.16. The Morgan fingerprint density at radius 3 is 2.68 bits per heavy atom.